The maximum atomic E-state index is 13.3. The Balaban J connectivity index is 1.44. The number of rotatable bonds is 5. The Hall–Kier alpha value is -2.64. The zero-order chi connectivity index (χ0) is 22.1. The van der Waals surface area contributed by atoms with Gasteiger partial charge in [-0.05, 0) is 63.7 Å². The third kappa shape index (κ3) is 4.19. The smallest absolute Gasteiger partial charge is 0.245 e. The summed E-state index contributed by atoms with van der Waals surface area (Å²) in [7, 11) is 0. The molecule has 2 aliphatic heterocycles. The molecule has 0 unspecified atom stereocenters. The first-order valence-electron chi connectivity index (χ1n) is 12.4. The molecule has 4 heterocycles. The van der Waals surface area contributed by atoms with Crippen LogP contribution in [0.4, 0.5) is 17.6 Å². The molecule has 2 N–H and O–H groups in total. The standard InChI is InChI=1S/C24H35N7O/c1-16(2)19-15-21(29-28-19)26-22-17-9-4-5-10-18(17)25-24(27-22)31-14-8-11-20(31)23(32)30-12-6-3-7-13-30/h15-16,20H,3-14H2,1-2H3,(H2,25,26,27,28,29)/t20-/m0/s1. The van der Waals surface area contributed by atoms with Crippen molar-refractivity contribution in [3.63, 3.8) is 0 Å². The van der Waals surface area contributed by atoms with E-state index in [0.717, 1.165) is 94.0 Å². The summed E-state index contributed by atoms with van der Waals surface area (Å²) in [5.74, 6) is 2.97. The lowest BCUT2D eigenvalue weighted by molar-refractivity contribution is -0.133. The lowest BCUT2D eigenvalue weighted by Gasteiger charge is -2.33. The summed E-state index contributed by atoms with van der Waals surface area (Å²) in [6.45, 7) is 6.91. The summed E-state index contributed by atoms with van der Waals surface area (Å²) >= 11 is 0. The van der Waals surface area contributed by atoms with Gasteiger partial charge in [-0.1, -0.05) is 13.8 Å². The molecule has 1 aliphatic carbocycles. The molecular formula is C24H35N7O. The number of piperidine rings is 1. The average Bonchev–Trinajstić information content (AvgIpc) is 3.49. The number of aromatic nitrogens is 4. The van der Waals surface area contributed by atoms with E-state index in [9.17, 15) is 4.79 Å². The number of amides is 1. The van der Waals surface area contributed by atoms with Crippen molar-refractivity contribution in [3.8, 4) is 0 Å². The molecule has 2 fully saturated rings. The van der Waals surface area contributed by atoms with Gasteiger partial charge >= 0.3 is 0 Å². The van der Waals surface area contributed by atoms with Crippen molar-refractivity contribution in [2.75, 3.05) is 29.9 Å². The molecule has 1 amide bonds. The highest BCUT2D eigenvalue weighted by Crippen LogP contribution is 2.32. The molecule has 3 aliphatic rings. The summed E-state index contributed by atoms with van der Waals surface area (Å²) in [6, 6.07) is 1.92. The minimum absolute atomic E-state index is 0.138. The third-order valence-electron chi connectivity index (χ3n) is 7.10. The van der Waals surface area contributed by atoms with Gasteiger partial charge in [-0.25, -0.2) is 4.98 Å². The predicted molar refractivity (Wildman–Crippen MR) is 125 cm³/mol. The summed E-state index contributed by atoms with van der Waals surface area (Å²) < 4.78 is 0. The second-order valence-corrected chi connectivity index (χ2v) is 9.73. The van der Waals surface area contributed by atoms with Gasteiger partial charge in [0, 0.05) is 37.0 Å². The SMILES string of the molecule is CC(C)c1cc(Nc2nc(N3CCC[C@H]3C(=O)N3CCCCC3)nc3c2CCCC3)n[nH]1. The molecule has 0 radical (unpaired) electrons. The molecule has 172 valence electrons. The molecule has 0 spiro atoms. The Kier molecular flexibility index (Phi) is 6.02. The molecule has 2 aromatic rings. The number of hydrogen-bond donors (Lipinski definition) is 2. The number of aryl methyl sites for hydroxylation is 1. The molecule has 0 aromatic carbocycles. The summed E-state index contributed by atoms with van der Waals surface area (Å²) in [5, 5.41) is 11.0. The van der Waals surface area contributed by atoms with E-state index in [1.165, 1.54) is 12.0 Å². The molecule has 0 saturated carbocycles. The number of aromatic amines is 1. The van der Waals surface area contributed by atoms with Crippen molar-refractivity contribution in [3.05, 3.63) is 23.0 Å². The van der Waals surface area contributed by atoms with Gasteiger partial charge < -0.3 is 15.1 Å². The van der Waals surface area contributed by atoms with Crippen LogP contribution in [0, 0.1) is 0 Å². The van der Waals surface area contributed by atoms with Gasteiger partial charge in [0.25, 0.3) is 0 Å². The highest BCUT2D eigenvalue weighted by atomic mass is 16.2. The Bertz CT molecular complexity index is 963. The van der Waals surface area contributed by atoms with E-state index < -0.39 is 0 Å². The largest absolute Gasteiger partial charge is 0.341 e. The molecule has 2 saturated heterocycles. The number of hydrogen-bond acceptors (Lipinski definition) is 6. The van der Waals surface area contributed by atoms with Gasteiger partial charge in [0.15, 0.2) is 5.82 Å². The molecule has 8 nitrogen and oxygen atoms in total. The van der Waals surface area contributed by atoms with Crippen LogP contribution >= 0.6 is 0 Å². The van der Waals surface area contributed by atoms with Gasteiger partial charge in [-0.15, -0.1) is 0 Å². The second-order valence-electron chi connectivity index (χ2n) is 9.73. The second kappa shape index (κ2) is 9.08. The fourth-order valence-electron chi connectivity index (χ4n) is 5.22. The predicted octanol–water partition coefficient (Wildman–Crippen LogP) is 3.93. The third-order valence-corrected chi connectivity index (χ3v) is 7.10. The first kappa shape index (κ1) is 21.2. The van der Waals surface area contributed by atoms with Crippen LogP contribution in [0.15, 0.2) is 6.07 Å². The molecule has 8 heteroatoms. The van der Waals surface area contributed by atoms with E-state index in [-0.39, 0.29) is 11.9 Å². The maximum absolute atomic E-state index is 13.3. The Morgan fingerprint density at radius 1 is 1.06 bits per heavy atom. The Morgan fingerprint density at radius 3 is 2.66 bits per heavy atom. The minimum Gasteiger partial charge on any atom is -0.341 e. The van der Waals surface area contributed by atoms with E-state index in [1.54, 1.807) is 0 Å². The monoisotopic (exact) mass is 437 g/mol. The van der Waals surface area contributed by atoms with Crippen molar-refractivity contribution in [2.45, 2.75) is 83.6 Å². The van der Waals surface area contributed by atoms with Crippen LogP contribution in [0.25, 0.3) is 0 Å². The van der Waals surface area contributed by atoms with Crippen LogP contribution in [0.2, 0.25) is 0 Å². The molecule has 1 atom stereocenters. The topological polar surface area (TPSA) is 90.0 Å². The van der Waals surface area contributed by atoms with Gasteiger partial charge in [-0.3, -0.25) is 9.89 Å². The van der Waals surface area contributed by atoms with Crippen molar-refractivity contribution >= 4 is 23.5 Å². The lowest BCUT2D eigenvalue weighted by Crippen LogP contribution is -2.48. The molecule has 0 bridgehead atoms. The van der Waals surface area contributed by atoms with Gasteiger partial charge in [0.2, 0.25) is 11.9 Å². The lowest BCUT2D eigenvalue weighted by atomic mass is 9.96. The van der Waals surface area contributed by atoms with Crippen LogP contribution in [-0.4, -0.2) is 56.6 Å². The fraction of sp³-hybridized carbons (Fsp3) is 0.667. The van der Waals surface area contributed by atoms with Crippen LogP contribution in [0.5, 0.6) is 0 Å². The Labute approximate surface area is 190 Å². The molecule has 5 rings (SSSR count). The number of H-pyrrole nitrogens is 1. The van der Waals surface area contributed by atoms with Crippen molar-refractivity contribution in [1.29, 1.82) is 0 Å². The van der Waals surface area contributed by atoms with Gasteiger partial charge in [-0.2, -0.15) is 10.1 Å². The normalized spacial score (nSPS) is 21.2. The zero-order valence-corrected chi connectivity index (χ0v) is 19.4. The zero-order valence-electron chi connectivity index (χ0n) is 19.4. The number of carbonyl (C=O) groups excluding carboxylic acids is 1. The molecular weight excluding hydrogens is 402 g/mol. The van der Waals surface area contributed by atoms with Gasteiger partial charge in [0.05, 0.1) is 5.69 Å². The highest BCUT2D eigenvalue weighted by Gasteiger charge is 2.36. The minimum atomic E-state index is -0.138. The molecule has 32 heavy (non-hydrogen) atoms. The van der Waals surface area contributed by atoms with E-state index in [1.807, 2.05) is 0 Å². The quantitative estimate of drug-likeness (QED) is 0.737. The summed E-state index contributed by atoms with van der Waals surface area (Å²) in [6.07, 6.45) is 9.60. The number of nitrogens with zero attached hydrogens (tertiary/aromatic N) is 5. The number of nitrogens with one attached hydrogen (secondary N) is 2. The first-order chi connectivity index (χ1) is 15.6. The summed E-state index contributed by atoms with van der Waals surface area (Å²) in [5.41, 5.74) is 3.43. The number of anilines is 3. The maximum Gasteiger partial charge on any atom is 0.245 e. The van der Waals surface area contributed by atoms with Crippen molar-refractivity contribution < 1.29 is 4.79 Å². The number of fused-ring (bicyclic) bond motifs is 1. The highest BCUT2D eigenvalue weighted by molar-refractivity contribution is 5.85. The van der Waals surface area contributed by atoms with Crippen LogP contribution < -0.4 is 10.2 Å². The molecule has 2 aromatic heterocycles. The fourth-order valence-corrected chi connectivity index (χ4v) is 5.22. The van der Waals surface area contributed by atoms with Crippen molar-refractivity contribution in [1.82, 2.24) is 25.1 Å². The van der Waals surface area contributed by atoms with Crippen LogP contribution in [-0.2, 0) is 17.6 Å². The van der Waals surface area contributed by atoms with Crippen LogP contribution in [0.1, 0.15) is 81.7 Å². The van der Waals surface area contributed by atoms with E-state index in [0.29, 0.717) is 11.9 Å². The van der Waals surface area contributed by atoms with Crippen molar-refractivity contribution in [2.24, 2.45) is 0 Å². The van der Waals surface area contributed by atoms with Crippen LogP contribution in [0.3, 0.4) is 0 Å². The average molecular weight is 438 g/mol. The number of carbonyl (C=O) groups is 1. The Morgan fingerprint density at radius 2 is 1.88 bits per heavy atom. The van der Waals surface area contributed by atoms with Gasteiger partial charge in [0.1, 0.15) is 11.9 Å². The summed E-state index contributed by atoms with van der Waals surface area (Å²) in [4.78, 5) is 27.5. The van der Waals surface area contributed by atoms with E-state index in [2.05, 4.69) is 45.2 Å². The van der Waals surface area contributed by atoms with E-state index >= 15 is 0 Å². The van der Waals surface area contributed by atoms with E-state index in [4.69, 9.17) is 9.97 Å². The first-order valence-corrected chi connectivity index (χ1v) is 12.4. The number of likely N-dealkylation sites (tertiary alicyclic amines) is 1.